The lowest BCUT2D eigenvalue weighted by Crippen LogP contribution is -2.44. The van der Waals surface area contributed by atoms with Crippen LogP contribution in [0.1, 0.15) is 32.6 Å². The van der Waals surface area contributed by atoms with Crippen molar-refractivity contribution in [3.8, 4) is 0 Å². The van der Waals surface area contributed by atoms with Crippen LogP contribution in [0.5, 0.6) is 0 Å². The molecule has 2 fully saturated rings. The minimum atomic E-state index is -4.61. The summed E-state index contributed by atoms with van der Waals surface area (Å²) in [6.07, 6.45) is -2.07. The first kappa shape index (κ1) is 15.4. The zero-order valence-corrected chi connectivity index (χ0v) is 11.3. The number of alkyl halides is 3. The van der Waals surface area contributed by atoms with Crippen molar-refractivity contribution in [2.45, 2.75) is 50.5 Å². The number of hydrogen-bond donors (Lipinski definition) is 1. The van der Waals surface area contributed by atoms with Crippen molar-refractivity contribution in [1.82, 2.24) is 0 Å². The van der Waals surface area contributed by atoms with E-state index < -0.39 is 17.7 Å². The van der Waals surface area contributed by atoms with Gasteiger partial charge in [-0.3, -0.25) is 0 Å². The highest BCUT2D eigenvalue weighted by Gasteiger charge is 2.55. The van der Waals surface area contributed by atoms with Gasteiger partial charge in [0.2, 0.25) is 0 Å². The highest BCUT2D eigenvalue weighted by atomic mass is 19.4. The van der Waals surface area contributed by atoms with Crippen LogP contribution in [0.2, 0.25) is 0 Å². The molecule has 2 saturated carbocycles. The molecule has 2 aliphatic rings. The molecule has 0 aliphatic heterocycles. The molecule has 2 bridgehead atoms. The molecule has 0 spiro atoms. The van der Waals surface area contributed by atoms with Crippen LogP contribution in [-0.4, -0.2) is 29.0 Å². The molecule has 2 aliphatic carbocycles. The fourth-order valence-corrected chi connectivity index (χ4v) is 3.56. The molecule has 0 saturated heterocycles. The lowest BCUT2D eigenvalue weighted by atomic mass is 9.80. The van der Waals surface area contributed by atoms with Crippen molar-refractivity contribution in [1.29, 1.82) is 0 Å². The average molecular weight is 292 g/mol. The fraction of sp³-hybridized carbons (Fsp3) is 0.786. The summed E-state index contributed by atoms with van der Waals surface area (Å²) in [6, 6.07) is 0. The quantitative estimate of drug-likeness (QED) is 0.640. The molecular weight excluding hydrogens is 273 g/mol. The van der Waals surface area contributed by atoms with Gasteiger partial charge in [-0.05, 0) is 50.4 Å². The third kappa shape index (κ3) is 2.85. The monoisotopic (exact) mass is 292 g/mol. The second kappa shape index (κ2) is 5.06. The Hall–Kier alpha value is -1.04. The molecule has 2 rings (SSSR count). The van der Waals surface area contributed by atoms with Gasteiger partial charge in [-0.25, -0.2) is 4.79 Å². The number of halogens is 3. The molecule has 0 aromatic carbocycles. The molecule has 114 valence electrons. The first-order chi connectivity index (χ1) is 9.14. The van der Waals surface area contributed by atoms with Crippen LogP contribution in [0.3, 0.4) is 0 Å². The number of aliphatic hydroxyl groups is 1. The normalized spacial score (nSPS) is 35.6. The van der Waals surface area contributed by atoms with Crippen molar-refractivity contribution in [2.75, 3.05) is 0 Å². The Morgan fingerprint density at radius 2 is 2.00 bits per heavy atom. The van der Waals surface area contributed by atoms with Gasteiger partial charge in [0.25, 0.3) is 0 Å². The van der Waals surface area contributed by atoms with E-state index in [-0.39, 0.29) is 30.3 Å². The number of carbonyl (C=O) groups excluding carboxylic acids is 1. The third-order valence-corrected chi connectivity index (χ3v) is 4.64. The van der Waals surface area contributed by atoms with Gasteiger partial charge in [0.1, 0.15) is 6.10 Å². The Bertz CT molecular complexity index is 403. The fourth-order valence-electron chi connectivity index (χ4n) is 3.56. The molecule has 0 heterocycles. The van der Waals surface area contributed by atoms with Gasteiger partial charge in [0, 0.05) is 6.08 Å². The maximum atomic E-state index is 12.7. The van der Waals surface area contributed by atoms with Gasteiger partial charge in [0.15, 0.2) is 5.60 Å². The lowest BCUT2D eigenvalue weighted by Gasteiger charge is -2.34. The van der Waals surface area contributed by atoms with Crippen LogP contribution < -0.4 is 0 Å². The van der Waals surface area contributed by atoms with Crippen LogP contribution >= 0.6 is 0 Å². The van der Waals surface area contributed by atoms with Gasteiger partial charge in [-0.15, -0.1) is 0 Å². The number of ether oxygens (including phenoxy) is 1. The predicted molar refractivity (Wildman–Crippen MR) is 65.7 cm³/mol. The topological polar surface area (TPSA) is 46.5 Å². The van der Waals surface area contributed by atoms with E-state index in [1.54, 1.807) is 0 Å². The molecule has 0 aromatic rings. The molecule has 5 atom stereocenters. The van der Waals surface area contributed by atoms with Gasteiger partial charge in [0.05, 0.1) is 0 Å². The van der Waals surface area contributed by atoms with E-state index in [9.17, 15) is 23.1 Å². The molecule has 0 radical (unpaired) electrons. The van der Waals surface area contributed by atoms with Gasteiger partial charge in [-0.1, -0.05) is 6.58 Å². The largest absolute Gasteiger partial charge is 0.459 e. The van der Waals surface area contributed by atoms with Crippen LogP contribution in [0, 0.1) is 17.8 Å². The SMILES string of the molecule is C=CC(=O)OC1CC2CC1CC2CC(C)(O)C(F)(F)F. The number of hydrogen-bond acceptors (Lipinski definition) is 3. The molecule has 0 amide bonds. The van der Waals surface area contributed by atoms with Crippen LogP contribution in [-0.2, 0) is 9.53 Å². The van der Waals surface area contributed by atoms with Crippen molar-refractivity contribution >= 4 is 5.97 Å². The van der Waals surface area contributed by atoms with Gasteiger partial charge >= 0.3 is 12.1 Å². The van der Waals surface area contributed by atoms with Crippen LogP contribution in [0.4, 0.5) is 13.2 Å². The summed E-state index contributed by atoms with van der Waals surface area (Å²) in [6.45, 7) is 4.15. The molecule has 3 nitrogen and oxygen atoms in total. The summed E-state index contributed by atoms with van der Waals surface area (Å²) < 4.78 is 43.3. The van der Waals surface area contributed by atoms with E-state index in [2.05, 4.69) is 6.58 Å². The molecular formula is C14H19F3O3. The zero-order chi connectivity index (χ0) is 15.1. The van der Waals surface area contributed by atoms with E-state index in [1.165, 1.54) is 0 Å². The minimum Gasteiger partial charge on any atom is -0.459 e. The van der Waals surface area contributed by atoms with E-state index >= 15 is 0 Å². The third-order valence-electron chi connectivity index (χ3n) is 4.64. The highest BCUT2D eigenvalue weighted by molar-refractivity contribution is 5.81. The number of rotatable bonds is 4. The Morgan fingerprint density at radius 1 is 1.35 bits per heavy atom. The van der Waals surface area contributed by atoms with Crippen molar-refractivity contribution in [3.63, 3.8) is 0 Å². The Labute approximate surface area is 115 Å². The summed E-state index contributed by atoms with van der Waals surface area (Å²) in [4.78, 5) is 11.2. The van der Waals surface area contributed by atoms with Crippen LogP contribution in [0.15, 0.2) is 12.7 Å². The Kier molecular flexibility index (Phi) is 3.88. The van der Waals surface area contributed by atoms with E-state index in [0.29, 0.717) is 12.8 Å². The summed E-state index contributed by atoms with van der Waals surface area (Å²) in [7, 11) is 0. The lowest BCUT2D eigenvalue weighted by molar-refractivity contribution is -0.259. The molecule has 20 heavy (non-hydrogen) atoms. The predicted octanol–water partition coefficient (Wildman–Crippen LogP) is 2.83. The van der Waals surface area contributed by atoms with Crippen molar-refractivity contribution in [3.05, 3.63) is 12.7 Å². The van der Waals surface area contributed by atoms with Crippen molar-refractivity contribution in [2.24, 2.45) is 17.8 Å². The first-order valence-electron chi connectivity index (χ1n) is 6.76. The standard InChI is InChI=1S/C14H19F3O3/c1-3-12(18)20-11-6-8-4-9(11)5-10(8)7-13(2,19)14(15,16)17/h3,8-11,19H,1,4-7H2,2H3. The first-order valence-corrected chi connectivity index (χ1v) is 6.76. The molecule has 6 heteroatoms. The number of esters is 1. The summed E-state index contributed by atoms with van der Waals surface area (Å²) in [5, 5.41) is 9.57. The second-order valence-corrected chi connectivity index (χ2v) is 6.14. The molecule has 1 N–H and O–H groups in total. The number of carbonyl (C=O) groups is 1. The zero-order valence-electron chi connectivity index (χ0n) is 11.3. The highest BCUT2D eigenvalue weighted by Crippen LogP contribution is 2.53. The minimum absolute atomic E-state index is 0.0939. The Balaban J connectivity index is 1.92. The molecule has 0 aromatic heterocycles. The summed E-state index contributed by atoms with van der Waals surface area (Å²) in [5.74, 6) is -0.439. The smallest absolute Gasteiger partial charge is 0.416 e. The van der Waals surface area contributed by atoms with Crippen LogP contribution in [0.25, 0.3) is 0 Å². The molecule has 5 unspecified atom stereocenters. The summed E-state index contributed by atoms with van der Waals surface area (Å²) in [5.41, 5.74) is -2.64. The van der Waals surface area contributed by atoms with Gasteiger partial charge in [-0.2, -0.15) is 13.2 Å². The van der Waals surface area contributed by atoms with E-state index in [4.69, 9.17) is 4.74 Å². The number of fused-ring (bicyclic) bond motifs is 2. The van der Waals surface area contributed by atoms with Gasteiger partial charge < -0.3 is 9.84 Å². The maximum Gasteiger partial charge on any atom is 0.416 e. The maximum absolute atomic E-state index is 12.7. The second-order valence-electron chi connectivity index (χ2n) is 6.14. The Morgan fingerprint density at radius 3 is 2.45 bits per heavy atom. The van der Waals surface area contributed by atoms with Crippen molar-refractivity contribution < 1.29 is 27.8 Å². The summed E-state index contributed by atoms with van der Waals surface area (Å²) >= 11 is 0. The average Bonchev–Trinajstić information content (AvgIpc) is 2.86. The van der Waals surface area contributed by atoms with E-state index in [0.717, 1.165) is 19.4 Å². The van der Waals surface area contributed by atoms with E-state index in [1.807, 2.05) is 0 Å².